The van der Waals surface area contributed by atoms with Crippen molar-refractivity contribution in [2.75, 3.05) is 5.32 Å². The van der Waals surface area contributed by atoms with Gasteiger partial charge in [0.25, 0.3) is 0 Å². The summed E-state index contributed by atoms with van der Waals surface area (Å²) < 4.78 is 0. The number of amides is 1. The van der Waals surface area contributed by atoms with Gasteiger partial charge in [-0.3, -0.25) is 4.79 Å². The van der Waals surface area contributed by atoms with Gasteiger partial charge >= 0.3 is 0 Å². The Labute approximate surface area is 140 Å². The second kappa shape index (κ2) is 6.84. The number of nitrogens with one attached hydrogen (secondary N) is 1. The zero-order valence-electron chi connectivity index (χ0n) is 13.1. The van der Waals surface area contributed by atoms with Crippen LogP contribution in [0.1, 0.15) is 12.5 Å². The number of aromatic nitrogens is 1. The molecule has 23 heavy (non-hydrogen) atoms. The summed E-state index contributed by atoms with van der Waals surface area (Å²) in [5, 5.41) is 4.68. The van der Waals surface area contributed by atoms with E-state index in [4.69, 9.17) is 0 Å². The Morgan fingerprint density at radius 1 is 1.04 bits per heavy atom. The minimum absolute atomic E-state index is 0.0196. The molecule has 0 fully saturated rings. The molecule has 0 spiro atoms. The van der Waals surface area contributed by atoms with Crippen LogP contribution < -0.4 is 5.32 Å². The van der Waals surface area contributed by atoms with E-state index in [-0.39, 0.29) is 11.2 Å². The molecule has 1 N–H and O–H groups in total. The van der Waals surface area contributed by atoms with Crippen LogP contribution in [0.2, 0.25) is 0 Å². The highest BCUT2D eigenvalue weighted by atomic mass is 32.2. The number of hydrogen-bond donors (Lipinski definition) is 1. The quantitative estimate of drug-likeness (QED) is 0.710. The zero-order chi connectivity index (χ0) is 16.2. The number of hydrogen-bond acceptors (Lipinski definition) is 3. The Bertz CT molecular complexity index is 830. The van der Waals surface area contributed by atoms with E-state index in [1.807, 2.05) is 74.5 Å². The first-order chi connectivity index (χ1) is 11.1. The van der Waals surface area contributed by atoms with Gasteiger partial charge in [-0.05, 0) is 38.1 Å². The van der Waals surface area contributed by atoms with E-state index in [1.165, 1.54) is 17.3 Å². The molecule has 4 heteroatoms. The van der Waals surface area contributed by atoms with E-state index in [9.17, 15) is 4.79 Å². The van der Waals surface area contributed by atoms with Gasteiger partial charge in [0, 0.05) is 11.1 Å². The van der Waals surface area contributed by atoms with Crippen molar-refractivity contribution in [3.05, 3.63) is 66.2 Å². The second-order valence-electron chi connectivity index (χ2n) is 5.46. The average Bonchev–Trinajstić information content (AvgIpc) is 2.56. The molecule has 1 atom stereocenters. The fraction of sp³-hybridized carbons (Fsp3) is 0.158. The Balaban J connectivity index is 1.68. The van der Waals surface area contributed by atoms with Crippen LogP contribution in [0, 0.1) is 6.92 Å². The molecule has 116 valence electrons. The van der Waals surface area contributed by atoms with Gasteiger partial charge in [-0.1, -0.05) is 53.7 Å². The number of benzene rings is 2. The van der Waals surface area contributed by atoms with E-state index in [1.54, 1.807) is 0 Å². The summed E-state index contributed by atoms with van der Waals surface area (Å²) >= 11 is 1.47. The highest BCUT2D eigenvalue weighted by Gasteiger charge is 2.15. The largest absolute Gasteiger partial charge is 0.325 e. The minimum atomic E-state index is -0.218. The first kappa shape index (κ1) is 15.6. The van der Waals surface area contributed by atoms with Crippen LogP contribution in [0.5, 0.6) is 0 Å². The second-order valence-corrected chi connectivity index (χ2v) is 6.82. The van der Waals surface area contributed by atoms with E-state index >= 15 is 0 Å². The molecule has 1 amide bonds. The predicted molar refractivity (Wildman–Crippen MR) is 96.9 cm³/mol. The number of rotatable bonds is 4. The number of fused-ring (bicyclic) bond motifs is 1. The molecule has 1 aromatic heterocycles. The number of carbonyl (C=O) groups excluding carboxylic acids is 1. The van der Waals surface area contributed by atoms with Crippen molar-refractivity contribution in [3.8, 4) is 0 Å². The van der Waals surface area contributed by atoms with Gasteiger partial charge < -0.3 is 5.32 Å². The average molecular weight is 322 g/mol. The third-order valence-electron chi connectivity index (χ3n) is 3.56. The Morgan fingerprint density at radius 2 is 1.78 bits per heavy atom. The number of thioether (sulfide) groups is 1. The van der Waals surface area contributed by atoms with E-state index in [0.29, 0.717) is 0 Å². The Kier molecular flexibility index (Phi) is 4.63. The molecule has 0 saturated carbocycles. The highest BCUT2D eigenvalue weighted by Crippen LogP contribution is 2.24. The van der Waals surface area contributed by atoms with Crippen molar-refractivity contribution in [1.29, 1.82) is 0 Å². The maximum atomic E-state index is 12.3. The standard InChI is InChI=1S/C19H18N2OS/c1-13-7-10-16(11-8-13)20-19(22)14(2)23-18-12-9-15-5-3-4-6-17(15)21-18/h3-12,14H,1-2H3,(H,20,22)/t14-/m1/s1. The number of aryl methyl sites for hydroxylation is 1. The maximum Gasteiger partial charge on any atom is 0.237 e. The molecule has 0 bridgehead atoms. The topological polar surface area (TPSA) is 42.0 Å². The summed E-state index contributed by atoms with van der Waals surface area (Å²) in [6, 6.07) is 19.8. The van der Waals surface area contributed by atoms with Crippen LogP contribution in [0.25, 0.3) is 10.9 Å². The minimum Gasteiger partial charge on any atom is -0.325 e. The molecular formula is C19H18N2OS. The van der Waals surface area contributed by atoms with Gasteiger partial charge in [-0.25, -0.2) is 4.98 Å². The summed E-state index contributed by atoms with van der Waals surface area (Å²) in [6.07, 6.45) is 0. The lowest BCUT2D eigenvalue weighted by atomic mass is 10.2. The molecule has 0 unspecified atom stereocenters. The van der Waals surface area contributed by atoms with Crippen LogP contribution in [0.3, 0.4) is 0 Å². The lowest BCUT2D eigenvalue weighted by molar-refractivity contribution is -0.115. The van der Waals surface area contributed by atoms with Crippen LogP contribution in [0.4, 0.5) is 5.69 Å². The van der Waals surface area contributed by atoms with E-state index < -0.39 is 0 Å². The summed E-state index contributed by atoms with van der Waals surface area (Å²) in [5.74, 6) is -0.0196. The van der Waals surface area contributed by atoms with Gasteiger partial charge in [-0.15, -0.1) is 0 Å². The van der Waals surface area contributed by atoms with Gasteiger partial charge in [0.1, 0.15) is 0 Å². The summed E-state index contributed by atoms with van der Waals surface area (Å²) in [7, 11) is 0. The monoisotopic (exact) mass is 322 g/mol. The Hall–Kier alpha value is -2.33. The lowest BCUT2D eigenvalue weighted by Crippen LogP contribution is -2.22. The molecule has 0 aliphatic carbocycles. The summed E-state index contributed by atoms with van der Waals surface area (Å²) in [4.78, 5) is 16.9. The van der Waals surface area contributed by atoms with Crippen LogP contribution >= 0.6 is 11.8 Å². The van der Waals surface area contributed by atoms with Crippen LogP contribution in [0.15, 0.2) is 65.7 Å². The molecule has 0 aliphatic heterocycles. The molecule has 3 rings (SSSR count). The Morgan fingerprint density at radius 3 is 2.57 bits per heavy atom. The number of anilines is 1. The molecule has 2 aromatic carbocycles. The normalized spacial score (nSPS) is 12.1. The van der Waals surface area contributed by atoms with Crippen molar-refractivity contribution in [2.45, 2.75) is 24.1 Å². The third kappa shape index (κ3) is 3.90. The van der Waals surface area contributed by atoms with E-state index in [2.05, 4.69) is 10.3 Å². The molecule has 1 heterocycles. The lowest BCUT2D eigenvalue weighted by Gasteiger charge is -2.12. The maximum absolute atomic E-state index is 12.3. The van der Waals surface area contributed by atoms with Gasteiger partial charge in [0.2, 0.25) is 5.91 Å². The number of carbonyl (C=O) groups is 1. The van der Waals surface area contributed by atoms with Gasteiger partial charge in [0.15, 0.2) is 0 Å². The van der Waals surface area contributed by atoms with Crippen molar-refractivity contribution in [1.82, 2.24) is 4.98 Å². The van der Waals surface area contributed by atoms with Crippen LogP contribution in [-0.2, 0) is 4.79 Å². The van der Waals surface area contributed by atoms with E-state index in [0.717, 1.165) is 21.6 Å². The third-order valence-corrected chi connectivity index (χ3v) is 4.60. The molecule has 3 nitrogen and oxygen atoms in total. The molecular weight excluding hydrogens is 304 g/mol. The van der Waals surface area contributed by atoms with Crippen molar-refractivity contribution in [3.63, 3.8) is 0 Å². The van der Waals surface area contributed by atoms with Crippen LogP contribution in [-0.4, -0.2) is 16.1 Å². The van der Waals surface area contributed by atoms with Crippen molar-refractivity contribution < 1.29 is 4.79 Å². The first-order valence-corrected chi connectivity index (χ1v) is 8.40. The SMILES string of the molecule is Cc1ccc(NC(=O)[C@@H](C)Sc2ccc3ccccc3n2)cc1. The summed E-state index contributed by atoms with van der Waals surface area (Å²) in [6.45, 7) is 3.92. The fourth-order valence-corrected chi connectivity index (χ4v) is 3.05. The predicted octanol–water partition coefficient (Wildman–Crippen LogP) is 4.66. The smallest absolute Gasteiger partial charge is 0.237 e. The van der Waals surface area contributed by atoms with Crippen molar-refractivity contribution in [2.24, 2.45) is 0 Å². The number of pyridine rings is 1. The number of nitrogens with zero attached hydrogens (tertiary/aromatic N) is 1. The molecule has 3 aromatic rings. The van der Waals surface area contributed by atoms with Crippen molar-refractivity contribution >= 4 is 34.3 Å². The number of para-hydroxylation sites is 1. The molecule has 0 aliphatic rings. The van der Waals surface area contributed by atoms with Gasteiger partial charge in [0.05, 0.1) is 15.8 Å². The first-order valence-electron chi connectivity index (χ1n) is 7.52. The van der Waals surface area contributed by atoms with Gasteiger partial charge in [-0.2, -0.15) is 0 Å². The molecule has 0 saturated heterocycles. The zero-order valence-corrected chi connectivity index (χ0v) is 13.9. The fourth-order valence-electron chi connectivity index (χ4n) is 2.23. The summed E-state index contributed by atoms with van der Waals surface area (Å²) in [5.41, 5.74) is 2.94. The molecule has 0 radical (unpaired) electrons. The highest BCUT2D eigenvalue weighted by molar-refractivity contribution is 8.00.